The Morgan fingerprint density at radius 3 is 2.42 bits per heavy atom. The van der Waals surface area contributed by atoms with E-state index < -0.39 is 0 Å². The minimum absolute atomic E-state index is 0.133. The van der Waals surface area contributed by atoms with E-state index in [1.807, 2.05) is 85.7 Å². The highest BCUT2D eigenvalue weighted by Gasteiger charge is 2.16. The standard InChI is InChI=1S/C26H26N4O2S/c1-4-18-9-5-8-12-23(18)30-25(32)21-10-6-7-11-22(21)28-26(30)33-17-24(31)27-19-13-15-20(16-14-19)29(2)3/h5-16H,4,17H2,1-3H3,(H,27,31). The molecule has 1 aromatic heterocycles. The first kappa shape index (κ1) is 22.6. The molecule has 4 aromatic rings. The number of hydrogen-bond donors (Lipinski definition) is 1. The molecule has 0 radical (unpaired) electrons. The van der Waals surface area contributed by atoms with Crippen LogP contribution in [0, 0.1) is 0 Å². The highest BCUT2D eigenvalue weighted by atomic mass is 32.2. The molecule has 1 heterocycles. The SMILES string of the molecule is CCc1ccccc1-n1c(SCC(=O)Nc2ccc(N(C)C)cc2)nc2ccccc2c1=O. The number of carbonyl (C=O) groups is 1. The van der Waals surface area contributed by atoms with Crippen molar-refractivity contribution in [2.75, 3.05) is 30.1 Å². The van der Waals surface area contributed by atoms with Gasteiger partial charge in [-0.1, -0.05) is 49.0 Å². The topological polar surface area (TPSA) is 67.2 Å². The van der Waals surface area contributed by atoms with Gasteiger partial charge in [-0.15, -0.1) is 0 Å². The molecule has 7 heteroatoms. The van der Waals surface area contributed by atoms with Crippen LogP contribution in [0.5, 0.6) is 0 Å². The highest BCUT2D eigenvalue weighted by molar-refractivity contribution is 7.99. The van der Waals surface area contributed by atoms with Gasteiger partial charge >= 0.3 is 0 Å². The van der Waals surface area contributed by atoms with Crippen molar-refractivity contribution < 1.29 is 4.79 Å². The van der Waals surface area contributed by atoms with Gasteiger partial charge in [-0.3, -0.25) is 14.2 Å². The molecular weight excluding hydrogens is 432 g/mol. The first-order chi connectivity index (χ1) is 16.0. The third kappa shape index (κ3) is 4.93. The summed E-state index contributed by atoms with van der Waals surface area (Å²) in [5, 5.41) is 3.97. The van der Waals surface area contributed by atoms with Crippen molar-refractivity contribution in [3.05, 3.63) is 88.7 Å². The molecule has 0 spiro atoms. The molecule has 1 N–H and O–H groups in total. The second-order valence-electron chi connectivity index (χ2n) is 7.81. The lowest BCUT2D eigenvalue weighted by Gasteiger charge is -2.16. The maximum atomic E-state index is 13.4. The second kappa shape index (κ2) is 9.92. The summed E-state index contributed by atoms with van der Waals surface area (Å²) in [6.07, 6.45) is 0.781. The van der Waals surface area contributed by atoms with Crippen LogP contribution in [0.2, 0.25) is 0 Å². The number of para-hydroxylation sites is 2. The average molecular weight is 459 g/mol. The van der Waals surface area contributed by atoms with Gasteiger partial charge in [0.15, 0.2) is 5.16 Å². The zero-order chi connectivity index (χ0) is 23.4. The lowest BCUT2D eigenvalue weighted by atomic mass is 10.1. The number of hydrogen-bond acceptors (Lipinski definition) is 5. The minimum atomic E-state index is -0.157. The highest BCUT2D eigenvalue weighted by Crippen LogP contribution is 2.24. The average Bonchev–Trinajstić information content (AvgIpc) is 2.83. The second-order valence-corrected chi connectivity index (χ2v) is 8.76. The van der Waals surface area contributed by atoms with Crippen molar-refractivity contribution >= 4 is 39.9 Å². The van der Waals surface area contributed by atoms with Gasteiger partial charge in [-0.25, -0.2) is 4.98 Å². The van der Waals surface area contributed by atoms with E-state index in [1.54, 1.807) is 10.6 Å². The van der Waals surface area contributed by atoms with E-state index in [2.05, 4.69) is 12.2 Å². The van der Waals surface area contributed by atoms with Crippen LogP contribution in [-0.4, -0.2) is 35.3 Å². The largest absolute Gasteiger partial charge is 0.378 e. The molecule has 0 saturated carbocycles. The number of carbonyl (C=O) groups excluding carboxylic acids is 1. The monoisotopic (exact) mass is 458 g/mol. The quantitative estimate of drug-likeness (QED) is 0.320. The normalized spacial score (nSPS) is 10.9. The van der Waals surface area contributed by atoms with Crippen molar-refractivity contribution in [3.8, 4) is 5.69 Å². The van der Waals surface area contributed by atoms with Gasteiger partial charge in [-0.05, 0) is 54.4 Å². The summed E-state index contributed by atoms with van der Waals surface area (Å²) in [6.45, 7) is 2.06. The first-order valence-corrected chi connectivity index (χ1v) is 11.8. The Hall–Kier alpha value is -3.58. The third-order valence-electron chi connectivity index (χ3n) is 5.36. The van der Waals surface area contributed by atoms with E-state index in [9.17, 15) is 9.59 Å². The first-order valence-electron chi connectivity index (χ1n) is 10.8. The Balaban J connectivity index is 1.64. The Kier molecular flexibility index (Phi) is 6.79. The molecule has 168 valence electrons. The number of anilines is 2. The van der Waals surface area contributed by atoms with Crippen LogP contribution in [0.3, 0.4) is 0 Å². The van der Waals surface area contributed by atoms with E-state index in [0.29, 0.717) is 16.1 Å². The molecule has 3 aromatic carbocycles. The Bertz CT molecular complexity index is 1350. The number of nitrogens with one attached hydrogen (secondary N) is 1. The Morgan fingerprint density at radius 1 is 1.00 bits per heavy atom. The van der Waals surface area contributed by atoms with Crippen LogP contribution in [0.4, 0.5) is 11.4 Å². The van der Waals surface area contributed by atoms with Crippen LogP contribution in [-0.2, 0) is 11.2 Å². The fourth-order valence-electron chi connectivity index (χ4n) is 3.62. The predicted octanol–water partition coefficient (Wildman–Crippen LogP) is 4.74. The predicted molar refractivity (Wildman–Crippen MR) is 137 cm³/mol. The van der Waals surface area contributed by atoms with Gasteiger partial charge in [0.1, 0.15) is 0 Å². The summed E-state index contributed by atoms with van der Waals surface area (Å²) >= 11 is 1.26. The van der Waals surface area contributed by atoms with E-state index >= 15 is 0 Å². The molecule has 0 unspecified atom stereocenters. The van der Waals surface area contributed by atoms with E-state index in [0.717, 1.165) is 29.0 Å². The zero-order valence-electron chi connectivity index (χ0n) is 18.9. The number of nitrogens with zero attached hydrogens (tertiary/aromatic N) is 3. The van der Waals surface area contributed by atoms with Crippen molar-refractivity contribution in [2.24, 2.45) is 0 Å². The molecule has 0 atom stereocenters. The maximum Gasteiger partial charge on any atom is 0.266 e. The molecule has 0 aliphatic heterocycles. The molecule has 1 amide bonds. The molecule has 0 fully saturated rings. The number of aryl methyl sites for hydroxylation is 1. The molecule has 4 rings (SSSR count). The maximum absolute atomic E-state index is 13.4. The van der Waals surface area contributed by atoms with E-state index in [-0.39, 0.29) is 17.2 Å². The van der Waals surface area contributed by atoms with Crippen molar-refractivity contribution in [2.45, 2.75) is 18.5 Å². The number of aromatic nitrogens is 2. The molecule has 0 aliphatic carbocycles. The summed E-state index contributed by atoms with van der Waals surface area (Å²) in [6, 6.07) is 22.8. The lowest BCUT2D eigenvalue weighted by Crippen LogP contribution is -2.23. The molecule has 0 aliphatic rings. The third-order valence-corrected chi connectivity index (χ3v) is 6.30. The lowest BCUT2D eigenvalue weighted by molar-refractivity contribution is -0.113. The Morgan fingerprint density at radius 2 is 1.70 bits per heavy atom. The number of benzene rings is 3. The number of fused-ring (bicyclic) bond motifs is 1. The summed E-state index contributed by atoms with van der Waals surface area (Å²) < 4.78 is 1.63. The fraction of sp³-hybridized carbons (Fsp3) is 0.192. The van der Waals surface area contributed by atoms with Crippen LogP contribution in [0.15, 0.2) is 82.7 Å². The number of thioether (sulfide) groups is 1. The molecule has 33 heavy (non-hydrogen) atoms. The van der Waals surface area contributed by atoms with Gasteiger partial charge in [-0.2, -0.15) is 0 Å². The molecular formula is C26H26N4O2S. The minimum Gasteiger partial charge on any atom is -0.378 e. The number of rotatable bonds is 7. The van der Waals surface area contributed by atoms with Gasteiger partial charge in [0.05, 0.1) is 22.3 Å². The summed E-state index contributed by atoms with van der Waals surface area (Å²) in [5.74, 6) is -0.0237. The van der Waals surface area contributed by atoms with Crippen LogP contribution < -0.4 is 15.8 Å². The van der Waals surface area contributed by atoms with Gasteiger partial charge in [0.2, 0.25) is 5.91 Å². The summed E-state index contributed by atoms with van der Waals surface area (Å²) in [7, 11) is 3.94. The fourth-order valence-corrected chi connectivity index (χ4v) is 4.43. The smallest absolute Gasteiger partial charge is 0.266 e. The van der Waals surface area contributed by atoms with Crippen LogP contribution in [0.25, 0.3) is 16.6 Å². The van der Waals surface area contributed by atoms with Gasteiger partial charge < -0.3 is 10.2 Å². The Labute approximate surface area is 197 Å². The van der Waals surface area contributed by atoms with Crippen LogP contribution in [0.1, 0.15) is 12.5 Å². The van der Waals surface area contributed by atoms with Crippen molar-refractivity contribution in [1.82, 2.24) is 9.55 Å². The molecule has 6 nitrogen and oxygen atoms in total. The van der Waals surface area contributed by atoms with E-state index in [4.69, 9.17) is 4.98 Å². The van der Waals surface area contributed by atoms with E-state index in [1.165, 1.54) is 11.8 Å². The molecule has 0 bridgehead atoms. The van der Waals surface area contributed by atoms with Gasteiger partial charge in [0.25, 0.3) is 5.56 Å². The van der Waals surface area contributed by atoms with Gasteiger partial charge in [0, 0.05) is 25.5 Å². The van der Waals surface area contributed by atoms with Crippen molar-refractivity contribution in [1.29, 1.82) is 0 Å². The number of amides is 1. The zero-order valence-corrected chi connectivity index (χ0v) is 19.7. The molecule has 0 saturated heterocycles. The van der Waals surface area contributed by atoms with Crippen LogP contribution >= 0.6 is 11.8 Å². The van der Waals surface area contributed by atoms with Crippen molar-refractivity contribution in [3.63, 3.8) is 0 Å². The summed E-state index contributed by atoms with van der Waals surface area (Å²) in [4.78, 5) is 32.9. The summed E-state index contributed by atoms with van der Waals surface area (Å²) in [5.41, 5.74) is 4.11.